The minimum absolute atomic E-state index is 0.302. The van der Waals surface area contributed by atoms with Crippen LogP contribution in [0.1, 0.15) is 25.7 Å². The fraction of sp³-hybridized carbons (Fsp3) is 0.846. The van der Waals surface area contributed by atoms with Gasteiger partial charge < -0.3 is 24.5 Å². The molecule has 0 spiro atoms. The van der Waals surface area contributed by atoms with E-state index in [1.54, 1.807) is 18.9 Å². The van der Waals surface area contributed by atoms with Gasteiger partial charge in [-0.15, -0.1) is 10.2 Å². The van der Waals surface area contributed by atoms with Crippen molar-refractivity contribution in [3.8, 4) is 0 Å². The van der Waals surface area contributed by atoms with Crippen molar-refractivity contribution in [2.75, 3.05) is 45.9 Å². The van der Waals surface area contributed by atoms with E-state index in [1.165, 1.54) is 0 Å². The van der Waals surface area contributed by atoms with Crippen molar-refractivity contribution in [2.45, 2.75) is 31.6 Å². The third-order valence-corrected chi connectivity index (χ3v) is 3.60. The zero-order chi connectivity index (χ0) is 15.5. The third kappa shape index (κ3) is 6.75. The Morgan fingerprint density at radius 1 is 1.10 bits per heavy atom. The zero-order valence-corrected chi connectivity index (χ0v) is 13.9. The van der Waals surface area contributed by atoms with Crippen LogP contribution >= 0.6 is 11.8 Å². The Balaban J connectivity index is 2.17. The Hall–Kier alpha value is -0.670. The smallest absolute Gasteiger partial charge is 0.191 e. The van der Waals surface area contributed by atoms with Crippen LogP contribution in [0, 0.1) is 0 Å². The van der Waals surface area contributed by atoms with Gasteiger partial charge in [0.1, 0.15) is 5.82 Å². The maximum Gasteiger partial charge on any atom is 0.191 e. The van der Waals surface area contributed by atoms with E-state index < -0.39 is 0 Å². The number of aromatic nitrogens is 3. The SMILES string of the molecule is COCCOCCOCCSc1nnc(CN)n1C(C)C. The lowest BCUT2D eigenvalue weighted by Crippen LogP contribution is -2.12. The summed E-state index contributed by atoms with van der Waals surface area (Å²) in [6.07, 6.45) is 0. The van der Waals surface area contributed by atoms with Crippen LogP contribution in [0.3, 0.4) is 0 Å². The Morgan fingerprint density at radius 2 is 1.76 bits per heavy atom. The summed E-state index contributed by atoms with van der Waals surface area (Å²) >= 11 is 1.63. The van der Waals surface area contributed by atoms with Crippen LogP contribution in [-0.2, 0) is 20.8 Å². The molecule has 1 heterocycles. The van der Waals surface area contributed by atoms with E-state index in [1.807, 2.05) is 0 Å². The summed E-state index contributed by atoms with van der Waals surface area (Å²) in [4.78, 5) is 0. The quantitative estimate of drug-likeness (QED) is 0.456. The van der Waals surface area contributed by atoms with Crippen molar-refractivity contribution in [3.05, 3.63) is 5.82 Å². The highest BCUT2D eigenvalue weighted by Crippen LogP contribution is 2.21. The molecule has 2 N–H and O–H groups in total. The maximum atomic E-state index is 5.67. The molecule has 0 fully saturated rings. The van der Waals surface area contributed by atoms with E-state index >= 15 is 0 Å². The van der Waals surface area contributed by atoms with Crippen LogP contribution in [0.2, 0.25) is 0 Å². The van der Waals surface area contributed by atoms with Gasteiger partial charge in [0.2, 0.25) is 0 Å². The minimum Gasteiger partial charge on any atom is -0.382 e. The fourth-order valence-corrected chi connectivity index (χ4v) is 2.66. The fourth-order valence-electron chi connectivity index (χ4n) is 1.72. The highest BCUT2D eigenvalue weighted by atomic mass is 32.2. The first-order valence-electron chi connectivity index (χ1n) is 7.11. The predicted octanol–water partition coefficient (Wildman–Crippen LogP) is 1.09. The van der Waals surface area contributed by atoms with Crippen LogP contribution in [0.25, 0.3) is 0 Å². The summed E-state index contributed by atoms with van der Waals surface area (Å²) in [6.45, 7) is 7.66. The van der Waals surface area contributed by atoms with Crippen molar-refractivity contribution in [2.24, 2.45) is 5.73 Å². The lowest BCUT2D eigenvalue weighted by Gasteiger charge is -2.12. The van der Waals surface area contributed by atoms with Crippen LogP contribution in [0.5, 0.6) is 0 Å². The molecule has 8 heteroatoms. The standard InChI is InChI=1S/C13H26N4O3S/c1-11(2)17-12(10-14)15-16-13(17)21-9-8-20-7-6-19-5-4-18-3/h11H,4-10,14H2,1-3H3. The van der Waals surface area contributed by atoms with Crippen molar-refractivity contribution in [1.82, 2.24) is 14.8 Å². The van der Waals surface area contributed by atoms with Gasteiger partial charge in [-0.2, -0.15) is 0 Å². The number of nitrogens with two attached hydrogens (primary N) is 1. The van der Waals surface area contributed by atoms with Crippen molar-refractivity contribution in [3.63, 3.8) is 0 Å². The molecule has 0 aromatic carbocycles. The molecule has 0 radical (unpaired) electrons. The van der Waals surface area contributed by atoms with Crippen molar-refractivity contribution < 1.29 is 14.2 Å². The molecule has 0 saturated heterocycles. The number of thioether (sulfide) groups is 1. The van der Waals surface area contributed by atoms with Gasteiger partial charge >= 0.3 is 0 Å². The topological polar surface area (TPSA) is 84.4 Å². The molecule has 122 valence electrons. The molecule has 0 atom stereocenters. The maximum absolute atomic E-state index is 5.67. The number of hydrogen-bond acceptors (Lipinski definition) is 7. The van der Waals surface area contributed by atoms with Gasteiger partial charge in [0, 0.05) is 18.9 Å². The molecule has 1 aromatic heterocycles. The van der Waals surface area contributed by atoms with Crippen LogP contribution in [0.4, 0.5) is 0 Å². The molecule has 0 aliphatic rings. The van der Waals surface area contributed by atoms with Crippen LogP contribution < -0.4 is 5.73 Å². The second kappa shape index (κ2) is 11.0. The summed E-state index contributed by atoms with van der Waals surface area (Å²) in [6, 6.07) is 0.302. The summed E-state index contributed by atoms with van der Waals surface area (Å²) in [7, 11) is 1.66. The molecule has 1 rings (SSSR count). The normalized spacial score (nSPS) is 11.5. The van der Waals surface area contributed by atoms with Crippen LogP contribution in [-0.4, -0.2) is 60.7 Å². The number of nitrogens with zero attached hydrogens (tertiary/aromatic N) is 3. The summed E-state index contributed by atoms with van der Waals surface area (Å²) in [5.74, 6) is 1.65. The highest BCUT2D eigenvalue weighted by Gasteiger charge is 2.13. The zero-order valence-electron chi connectivity index (χ0n) is 13.1. The van der Waals surface area contributed by atoms with E-state index in [2.05, 4.69) is 28.6 Å². The molecular weight excluding hydrogens is 292 g/mol. The van der Waals surface area contributed by atoms with Gasteiger partial charge in [-0.3, -0.25) is 0 Å². The van der Waals surface area contributed by atoms with Gasteiger partial charge in [-0.05, 0) is 13.8 Å². The first-order chi connectivity index (χ1) is 10.2. The molecule has 7 nitrogen and oxygen atoms in total. The van der Waals surface area contributed by atoms with Crippen LogP contribution in [0.15, 0.2) is 5.16 Å². The number of ether oxygens (including phenoxy) is 3. The Labute approximate surface area is 130 Å². The second-order valence-electron chi connectivity index (χ2n) is 4.63. The molecule has 21 heavy (non-hydrogen) atoms. The molecule has 0 amide bonds. The molecule has 0 aliphatic carbocycles. The number of rotatable bonds is 12. The monoisotopic (exact) mass is 318 g/mol. The average Bonchev–Trinajstić information content (AvgIpc) is 2.88. The third-order valence-electron chi connectivity index (χ3n) is 2.70. The van der Waals surface area contributed by atoms with Gasteiger partial charge in [0.15, 0.2) is 5.16 Å². The predicted molar refractivity (Wildman–Crippen MR) is 82.5 cm³/mol. The van der Waals surface area contributed by atoms with Gasteiger partial charge in [-0.25, -0.2) is 0 Å². The summed E-state index contributed by atoms with van der Waals surface area (Å²) in [5.41, 5.74) is 5.67. The molecule has 1 aromatic rings. The first-order valence-corrected chi connectivity index (χ1v) is 8.10. The summed E-state index contributed by atoms with van der Waals surface area (Å²) in [5, 5.41) is 9.18. The first kappa shape index (κ1) is 18.4. The van der Waals surface area contributed by atoms with E-state index in [0.29, 0.717) is 45.6 Å². The average molecular weight is 318 g/mol. The van der Waals surface area contributed by atoms with Gasteiger partial charge in [-0.1, -0.05) is 11.8 Å². The second-order valence-corrected chi connectivity index (χ2v) is 5.69. The highest BCUT2D eigenvalue weighted by molar-refractivity contribution is 7.99. The molecule has 0 unspecified atom stereocenters. The minimum atomic E-state index is 0.302. The van der Waals surface area contributed by atoms with Crippen molar-refractivity contribution in [1.29, 1.82) is 0 Å². The van der Waals surface area contributed by atoms with Gasteiger partial charge in [0.05, 0.1) is 39.6 Å². The number of hydrogen-bond donors (Lipinski definition) is 1. The van der Waals surface area contributed by atoms with Crippen molar-refractivity contribution >= 4 is 11.8 Å². The largest absolute Gasteiger partial charge is 0.382 e. The summed E-state index contributed by atoms with van der Waals surface area (Å²) < 4.78 is 17.8. The Kier molecular flexibility index (Phi) is 9.60. The van der Waals surface area contributed by atoms with E-state index in [9.17, 15) is 0 Å². The molecular formula is C13H26N4O3S. The molecule has 0 aliphatic heterocycles. The molecule has 0 bridgehead atoms. The Morgan fingerprint density at radius 3 is 2.38 bits per heavy atom. The molecule has 0 saturated carbocycles. The van der Waals surface area contributed by atoms with E-state index in [4.69, 9.17) is 19.9 Å². The van der Waals surface area contributed by atoms with E-state index in [-0.39, 0.29) is 0 Å². The lowest BCUT2D eigenvalue weighted by molar-refractivity contribution is 0.0286. The number of methoxy groups -OCH3 is 1. The van der Waals surface area contributed by atoms with E-state index in [0.717, 1.165) is 16.7 Å². The van der Waals surface area contributed by atoms with Gasteiger partial charge in [0.25, 0.3) is 0 Å². The lowest BCUT2D eigenvalue weighted by atomic mass is 10.4. The Bertz CT molecular complexity index is 387.